The Morgan fingerprint density at radius 3 is 2.65 bits per heavy atom. The molecular formula is C17H18ClFN2O2. The average molecular weight is 337 g/mol. The Morgan fingerprint density at radius 1 is 1.26 bits per heavy atom. The molecule has 2 amide bonds. The molecule has 0 fully saturated rings. The number of amides is 2. The normalized spacial score (nSPS) is 13.2. The van der Waals surface area contributed by atoms with Gasteiger partial charge in [-0.3, -0.25) is 0 Å². The molecule has 2 aromatic rings. The van der Waals surface area contributed by atoms with Crippen molar-refractivity contribution in [3.8, 4) is 0 Å². The molecule has 0 aliphatic rings. The number of ether oxygens (including phenoxy) is 1. The van der Waals surface area contributed by atoms with Crippen molar-refractivity contribution in [1.82, 2.24) is 5.32 Å². The Morgan fingerprint density at radius 2 is 2.00 bits per heavy atom. The van der Waals surface area contributed by atoms with E-state index in [1.807, 2.05) is 0 Å². The van der Waals surface area contributed by atoms with Crippen LogP contribution in [-0.4, -0.2) is 19.7 Å². The lowest BCUT2D eigenvalue weighted by Crippen LogP contribution is -2.42. The fraction of sp³-hybridized carbons (Fsp3) is 0.235. The van der Waals surface area contributed by atoms with Crippen molar-refractivity contribution in [2.45, 2.75) is 12.5 Å². The summed E-state index contributed by atoms with van der Waals surface area (Å²) in [6.45, 7) is 1.82. The minimum Gasteiger partial charge on any atom is -0.372 e. The molecule has 0 heterocycles. The SMILES string of the molecule is COC(C)(CNC(=O)Nc1cccc(Cl)c1)c1ccccc1F. The standard InChI is InChI=1S/C17H18ClFN2O2/c1-17(23-2,14-8-3-4-9-15(14)19)11-20-16(22)21-13-7-5-6-12(18)10-13/h3-10H,11H2,1-2H3,(H2,20,21,22). The van der Waals surface area contributed by atoms with Gasteiger partial charge in [0.2, 0.25) is 0 Å². The van der Waals surface area contributed by atoms with Crippen LogP contribution in [0.15, 0.2) is 48.5 Å². The van der Waals surface area contributed by atoms with E-state index in [1.165, 1.54) is 13.2 Å². The Labute approximate surface area is 139 Å². The van der Waals surface area contributed by atoms with Crippen LogP contribution in [0.4, 0.5) is 14.9 Å². The maximum Gasteiger partial charge on any atom is 0.319 e. The number of rotatable bonds is 5. The highest BCUT2D eigenvalue weighted by Crippen LogP contribution is 2.26. The minimum absolute atomic E-state index is 0.108. The zero-order valence-corrected chi connectivity index (χ0v) is 13.7. The Hall–Kier alpha value is -2.11. The molecule has 0 aromatic heterocycles. The summed E-state index contributed by atoms with van der Waals surface area (Å²) in [4.78, 5) is 12.0. The molecule has 0 saturated heterocycles. The predicted molar refractivity (Wildman–Crippen MR) is 89.2 cm³/mol. The van der Waals surface area contributed by atoms with Crippen molar-refractivity contribution in [3.63, 3.8) is 0 Å². The third-order valence-electron chi connectivity index (χ3n) is 3.56. The number of urea groups is 1. The fourth-order valence-corrected chi connectivity index (χ4v) is 2.35. The highest BCUT2D eigenvalue weighted by molar-refractivity contribution is 6.30. The molecule has 0 aliphatic heterocycles. The second-order valence-corrected chi connectivity index (χ2v) is 5.67. The quantitative estimate of drug-likeness (QED) is 0.861. The van der Waals surface area contributed by atoms with E-state index >= 15 is 0 Å². The van der Waals surface area contributed by atoms with Crippen molar-refractivity contribution < 1.29 is 13.9 Å². The van der Waals surface area contributed by atoms with Crippen molar-refractivity contribution in [2.75, 3.05) is 19.0 Å². The zero-order chi connectivity index (χ0) is 16.9. The van der Waals surface area contributed by atoms with Gasteiger partial charge in [0.15, 0.2) is 0 Å². The molecule has 2 N–H and O–H groups in total. The summed E-state index contributed by atoms with van der Waals surface area (Å²) in [7, 11) is 1.48. The summed E-state index contributed by atoms with van der Waals surface area (Å²) in [5, 5.41) is 5.87. The Bertz CT molecular complexity index is 696. The van der Waals surface area contributed by atoms with E-state index in [0.29, 0.717) is 16.3 Å². The molecule has 23 heavy (non-hydrogen) atoms. The van der Waals surface area contributed by atoms with Gasteiger partial charge in [0.25, 0.3) is 0 Å². The van der Waals surface area contributed by atoms with Gasteiger partial charge in [0.1, 0.15) is 11.4 Å². The maximum absolute atomic E-state index is 14.0. The van der Waals surface area contributed by atoms with Crippen LogP contribution in [0.3, 0.4) is 0 Å². The third kappa shape index (κ3) is 4.43. The first-order chi connectivity index (χ1) is 10.9. The summed E-state index contributed by atoms with van der Waals surface area (Å²) in [6, 6.07) is 12.7. The molecule has 122 valence electrons. The lowest BCUT2D eigenvalue weighted by atomic mass is 9.95. The van der Waals surface area contributed by atoms with Gasteiger partial charge < -0.3 is 15.4 Å². The Balaban J connectivity index is 2.02. The fourth-order valence-electron chi connectivity index (χ4n) is 2.16. The molecule has 0 saturated carbocycles. The molecule has 4 nitrogen and oxygen atoms in total. The van der Waals surface area contributed by atoms with Crippen molar-refractivity contribution in [1.29, 1.82) is 0 Å². The van der Waals surface area contributed by atoms with Crippen LogP contribution < -0.4 is 10.6 Å². The molecule has 1 unspecified atom stereocenters. The largest absolute Gasteiger partial charge is 0.372 e. The number of methoxy groups -OCH3 is 1. The zero-order valence-electron chi connectivity index (χ0n) is 12.9. The van der Waals surface area contributed by atoms with Gasteiger partial charge in [-0.25, -0.2) is 9.18 Å². The molecule has 6 heteroatoms. The van der Waals surface area contributed by atoms with Crippen LogP contribution in [-0.2, 0) is 10.3 Å². The molecule has 0 radical (unpaired) electrons. The van der Waals surface area contributed by atoms with E-state index in [4.69, 9.17) is 16.3 Å². The second kappa shape index (κ2) is 7.44. The summed E-state index contributed by atoms with van der Waals surface area (Å²) < 4.78 is 19.4. The summed E-state index contributed by atoms with van der Waals surface area (Å²) in [6.07, 6.45) is 0. The molecule has 0 spiro atoms. The van der Waals surface area contributed by atoms with Gasteiger partial charge in [-0.2, -0.15) is 0 Å². The van der Waals surface area contributed by atoms with Crippen LogP contribution >= 0.6 is 11.6 Å². The van der Waals surface area contributed by atoms with E-state index in [0.717, 1.165) is 0 Å². The van der Waals surface area contributed by atoms with Crippen molar-refractivity contribution in [3.05, 3.63) is 64.9 Å². The molecular weight excluding hydrogens is 319 g/mol. The van der Waals surface area contributed by atoms with Crippen molar-refractivity contribution in [2.24, 2.45) is 0 Å². The first-order valence-corrected chi connectivity index (χ1v) is 7.43. The lowest BCUT2D eigenvalue weighted by Gasteiger charge is -2.29. The van der Waals surface area contributed by atoms with Gasteiger partial charge in [-0.05, 0) is 31.2 Å². The van der Waals surface area contributed by atoms with E-state index in [1.54, 1.807) is 49.4 Å². The molecule has 0 bridgehead atoms. The van der Waals surface area contributed by atoms with Gasteiger partial charge in [0, 0.05) is 23.4 Å². The lowest BCUT2D eigenvalue weighted by molar-refractivity contribution is 0.00235. The number of nitrogens with one attached hydrogen (secondary N) is 2. The van der Waals surface area contributed by atoms with E-state index in [2.05, 4.69) is 10.6 Å². The highest BCUT2D eigenvalue weighted by atomic mass is 35.5. The number of hydrogen-bond donors (Lipinski definition) is 2. The minimum atomic E-state index is -0.975. The van der Waals surface area contributed by atoms with E-state index in [9.17, 15) is 9.18 Å². The summed E-state index contributed by atoms with van der Waals surface area (Å²) >= 11 is 5.86. The summed E-state index contributed by atoms with van der Waals surface area (Å²) in [5.41, 5.74) is -0.0256. The third-order valence-corrected chi connectivity index (χ3v) is 3.80. The monoisotopic (exact) mass is 336 g/mol. The van der Waals surface area contributed by atoms with Crippen molar-refractivity contribution >= 4 is 23.3 Å². The molecule has 0 aliphatic carbocycles. The molecule has 1 atom stereocenters. The van der Waals surface area contributed by atoms with Gasteiger partial charge in [-0.15, -0.1) is 0 Å². The first kappa shape index (κ1) is 17.2. The number of benzene rings is 2. The topological polar surface area (TPSA) is 50.4 Å². The maximum atomic E-state index is 14.0. The summed E-state index contributed by atoms with van der Waals surface area (Å²) in [5.74, 6) is -0.381. The highest BCUT2D eigenvalue weighted by Gasteiger charge is 2.29. The Kier molecular flexibility index (Phi) is 5.58. The smallest absolute Gasteiger partial charge is 0.319 e. The molecule has 2 aromatic carbocycles. The van der Waals surface area contributed by atoms with E-state index < -0.39 is 11.6 Å². The van der Waals surface area contributed by atoms with E-state index in [-0.39, 0.29) is 12.4 Å². The van der Waals surface area contributed by atoms with Crippen LogP contribution in [0, 0.1) is 5.82 Å². The number of carbonyl (C=O) groups is 1. The van der Waals surface area contributed by atoms with Gasteiger partial charge >= 0.3 is 6.03 Å². The van der Waals surface area contributed by atoms with Crippen LogP contribution in [0.25, 0.3) is 0 Å². The second-order valence-electron chi connectivity index (χ2n) is 5.23. The number of anilines is 1. The molecule has 2 rings (SSSR count). The van der Waals surface area contributed by atoms with Crippen LogP contribution in [0.1, 0.15) is 12.5 Å². The van der Waals surface area contributed by atoms with Crippen LogP contribution in [0.2, 0.25) is 5.02 Å². The number of hydrogen-bond acceptors (Lipinski definition) is 2. The van der Waals surface area contributed by atoms with Gasteiger partial charge in [-0.1, -0.05) is 35.9 Å². The average Bonchev–Trinajstić information content (AvgIpc) is 2.53. The van der Waals surface area contributed by atoms with Gasteiger partial charge in [0.05, 0.1) is 6.54 Å². The first-order valence-electron chi connectivity index (χ1n) is 7.05. The number of halogens is 2. The van der Waals surface area contributed by atoms with Crippen LogP contribution in [0.5, 0.6) is 0 Å². The predicted octanol–water partition coefficient (Wildman–Crippen LogP) is 4.16. The number of carbonyl (C=O) groups excluding carboxylic acids is 1.